The summed E-state index contributed by atoms with van der Waals surface area (Å²) < 4.78 is 0. The Labute approximate surface area is 149 Å². The van der Waals surface area contributed by atoms with Gasteiger partial charge in [0, 0.05) is 12.0 Å². The van der Waals surface area contributed by atoms with Gasteiger partial charge in [0.2, 0.25) is 5.91 Å². The first kappa shape index (κ1) is 18.7. The maximum Gasteiger partial charge on any atom is 0.251 e. The normalized spacial score (nSPS) is 12.5. The predicted molar refractivity (Wildman–Crippen MR) is 100 cm³/mol. The molecule has 4 heteroatoms. The summed E-state index contributed by atoms with van der Waals surface area (Å²) in [6.07, 6.45) is 0.376. The second-order valence-electron chi connectivity index (χ2n) is 7.45. The zero-order valence-corrected chi connectivity index (χ0v) is 15.3. The van der Waals surface area contributed by atoms with Gasteiger partial charge in [0.05, 0.1) is 0 Å². The van der Waals surface area contributed by atoms with Crippen LogP contribution in [0.3, 0.4) is 0 Å². The number of primary amides is 1. The third kappa shape index (κ3) is 5.18. The zero-order chi connectivity index (χ0) is 18.6. The first-order chi connectivity index (χ1) is 11.7. The topological polar surface area (TPSA) is 72.2 Å². The van der Waals surface area contributed by atoms with E-state index < -0.39 is 11.9 Å². The van der Waals surface area contributed by atoms with Crippen LogP contribution in [0.4, 0.5) is 0 Å². The van der Waals surface area contributed by atoms with E-state index >= 15 is 0 Å². The number of hydrogen-bond donors (Lipinski definition) is 2. The summed E-state index contributed by atoms with van der Waals surface area (Å²) in [6.45, 7) is 8.35. The summed E-state index contributed by atoms with van der Waals surface area (Å²) >= 11 is 0. The number of carbonyl (C=O) groups is 2. The van der Waals surface area contributed by atoms with Gasteiger partial charge >= 0.3 is 0 Å². The molecular weight excluding hydrogens is 312 g/mol. The van der Waals surface area contributed by atoms with Crippen molar-refractivity contribution in [2.45, 2.75) is 45.6 Å². The molecule has 2 aromatic carbocycles. The van der Waals surface area contributed by atoms with Crippen molar-refractivity contribution in [2.75, 3.05) is 0 Å². The third-order valence-electron chi connectivity index (χ3n) is 4.22. The Balaban J connectivity index is 2.09. The minimum atomic E-state index is -0.738. The van der Waals surface area contributed by atoms with Crippen molar-refractivity contribution in [1.29, 1.82) is 0 Å². The molecule has 3 N–H and O–H groups in total. The van der Waals surface area contributed by atoms with Crippen molar-refractivity contribution in [3.05, 3.63) is 70.8 Å². The first-order valence-corrected chi connectivity index (χ1v) is 8.43. The van der Waals surface area contributed by atoms with Gasteiger partial charge in [0.25, 0.3) is 5.91 Å². The molecule has 0 spiro atoms. The molecule has 2 aromatic rings. The fourth-order valence-electron chi connectivity index (χ4n) is 2.55. The summed E-state index contributed by atoms with van der Waals surface area (Å²) in [5.41, 5.74) is 9.25. The van der Waals surface area contributed by atoms with Gasteiger partial charge in [-0.15, -0.1) is 0 Å². The van der Waals surface area contributed by atoms with E-state index in [0.717, 1.165) is 16.7 Å². The first-order valence-electron chi connectivity index (χ1n) is 8.43. The van der Waals surface area contributed by atoms with Crippen LogP contribution in [0.15, 0.2) is 48.5 Å². The molecule has 0 aliphatic heterocycles. The van der Waals surface area contributed by atoms with Crippen LogP contribution in [0.5, 0.6) is 0 Å². The standard InChI is InChI=1S/C21H26N2O2/c1-14-5-7-15(8-6-14)13-18(19(22)24)23-20(25)16-9-11-17(12-10-16)21(2,3)4/h5-12,18H,13H2,1-4H3,(H2,22,24)(H,23,25)/t18-/m0/s1. The van der Waals surface area contributed by atoms with Crippen LogP contribution in [0.1, 0.15) is 47.8 Å². The van der Waals surface area contributed by atoms with Crippen LogP contribution in [0.2, 0.25) is 0 Å². The number of rotatable bonds is 5. The van der Waals surface area contributed by atoms with Crippen LogP contribution < -0.4 is 11.1 Å². The summed E-state index contributed by atoms with van der Waals surface area (Å²) in [5, 5.41) is 2.74. The fourth-order valence-corrected chi connectivity index (χ4v) is 2.55. The maximum absolute atomic E-state index is 12.4. The largest absolute Gasteiger partial charge is 0.368 e. The molecule has 0 aliphatic rings. The second kappa shape index (κ2) is 7.51. The highest BCUT2D eigenvalue weighted by Gasteiger charge is 2.20. The van der Waals surface area contributed by atoms with Gasteiger partial charge in [-0.2, -0.15) is 0 Å². The summed E-state index contributed by atoms with van der Waals surface area (Å²) in [6, 6.07) is 14.5. The van der Waals surface area contributed by atoms with Crippen LogP contribution in [-0.4, -0.2) is 17.9 Å². The SMILES string of the molecule is Cc1ccc(C[C@H](NC(=O)c2ccc(C(C)(C)C)cc2)C(N)=O)cc1. The minimum Gasteiger partial charge on any atom is -0.368 e. The van der Waals surface area contributed by atoms with Crippen LogP contribution >= 0.6 is 0 Å². The molecule has 1 atom stereocenters. The zero-order valence-electron chi connectivity index (χ0n) is 15.3. The van der Waals surface area contributed by atoms with Gasteiger partial charge < -0.3 is 11.1 Å². The highest BCUT2D eigenvalue weighted by Crippen LogP contribution is 2.22. The molecule has 0 saturated heterocycles. The van der Waals surface area contributed by atoms with E-state index in [2.05, 4.69) is 26.1 Å². The quantitative estimate of drug-likeness (QED) is 0.879. The second-order valence-corrected chi connectivity index (χ2v) is 7.45. The van der Waals surface area contributed by atoms with Crippen molar-refractivity contribution in [2.24, 2.45) is 5.73 Å². The Morgan fingerprint density at radius 2 is 1.56 bits per heavy atom. The Kier molecular flexibility index (Phi) is 5.62. The number of nitrogens with two attached hydrogens (primary N) is 1. The molecule has 0 bridgehead atoms. The molecule has 25 heavy (non-hydrogen) atoms. The molecule has 0 radical (unpaired) electrons. The van der Waals surface area contributed by atoms with Crippen LogP contribution in [-0.2, 0) is 16.6 Å². The lowest BCUT2D eigenvalue weighted by molar-refractivity contribution is -0.119. The van der Waals surface area contributed by atoms with Crippen molar-refractivity contribution in [1.82, 2.24) is 5.32 Å². The Hall–Kier alpha value is -2.62. The molecular formula is C21H26N2O2. The molecule has 0 aromatic heterocycles. The molecule has 2 rings (SSSR count). The van der Waals surface area contributed by atoms with Crippen LogP contribution in [0.25, 0.3) is 0 Å². The number of amides is 2. The smallest absolute Gasteiger partial charge is 0.251 e. The Bertz CT molecular complexity index is 741. The molecule has 2 amide bonds. The summed E-state index contributed by atoms with van der Waals surface area (Å²) in [7, 11) is 0. The lowest BCUT2D eigenvalue weighted by atomic mass is 9.86. The van der Waals surface area contributed by atoms with Gasteiger partial charge in [-0.3, -0.25) is 9.59 Å². The van der Waals surface area contributed by atoms with Crippen molar-refractivity contribution >= 4 is 11.8 Å². The number of aryl methyl sites for hydroxylation is 1. The lowest BCUT2D eigenvalue weighted by Crippen LogP contribution is -2.45. The van der Waals surface area contributed by atoms with E-state index in [1.807, 2.05) is 43.3 Å². The maximum atomic E-state index is 12.4. The number of hydrogen-bond acceptors (Lipinski definition) is 2. The van der Waals surface area contributed by atoms with Crippen molar-refractivity contribution in [3.63, 3.8) is 0 Å². The van der Waals surface area contributed by atoms with Gasteiger partial charge in [-0.25, -0.2) is 0 Å². The monoisotopic (exact) mass is 338 g/mol. The molecule has 0 fully saturated rings. The number of carbonyl (C=O) groups excluding carboxylic acids is 2. The Morgan fingerprint density at radius 3 is 2.04 bits per heavy atom. The summed E-state index contributed by atoms with van der Waals surface area (Å²) in [5.74, 6) is -0.836. The average Bonchev–Trinajstić information content (AvgIpc) is 2.55. The van der Waals surface area contributed by atoms with E-state index in [1.54, 1.807) is 12.1 Å². The van der Waals surface area contributed by atoms with E-state index in [4.69, 9.17) is 5.73 Å². The molecule has 0 aliphatic carbocycles. The lowest BCUT2D eigenvalue weighted by Gasteiger charge is -2.19. The van der Waals surface area contributed by atoms with Gasteiger partial charge in [0.1, 0.15) is 6.04 Å². The summed E-state index contributed by atoms with van der Waals surface area (Å²) in [4.78, 5) is 24.2. The van der Waals surface area contributed by atoms with Crippen molar-refractivity contribution in [3.8, 4) is 0 Å². The number of benzene rings is 2. The highest BCUT2D eigenvalue weighted by molar-refractivity contribution is 5.97. The molecule has 0 unspecified atom stereocenters. The van der Waals surface area contributed by atoms with E-state index in [-0.39, 0.29) is 11.3 Å². The molecule has 132 valence electrons. The van der Waals surface area contributed by atoms with Gasteiger partial charge in [0.15, 0.2) is 0 Å². The van der Waals surface area contributed by atoms with E-state index in [9.17, 15) is 9.59 Å². The van der Waals surface area contributed by atoms with Crippen LogP contribution in [0, 0.1) is 6.92 Å². The van der Waals surface area contributed by atoms with E-state index in [0.29, 0.717) is 12.0 Å². The van der Waals surface area contributed by atoms with Gasteiger partial charge in [-0.1, -0.05) is 62.7 Å². The molecule has 4 nitrogen and oxygen atoms in total. The molecule has 0 saturated carbocycles. The number of nitrogens with one attached hydrogen (secondary N) is 1. The molecule has 0 heterocycles. The average molecular weight is 338 g/mol. The predicted octanol–water partition coefficient (Wildman–Crippen LogP) is 3.12. The third-order valence-corrected chi connectivity index (χ3v) is 4.22. The minimum absolute atomic E-state index is 0.0240. The fraction of sp³-hybridized carbons (Fsp3) is 0.333. The Morgan fingerprint density at radius 1 is 1.00 bits per heavy atom. The highest BCUT2D eigenvalue weighted by atomic mass is 16.2. The van der Waals surface area contributed by atoms with E-state index in [1.165, 1.54) is 0 Å². The van der Waals surface area contributed by atoms with Gasteiger partial charge in [-0.05, 0) is 35.6 Å². The van der Waals surface area contributed by atoms with Crippen molar-refractivity contribution < 1.29 is 9.59 Å².